The Hall–Kier alpha value is -2.09. The molecule has 0 saturated heterocycles. The molecule has 2 rings (SSSR count). The maximum Gasteiger partial charge on any atom is 0.253 e. The van der Waals surface area contributed by atoms with Gasteiger partial charge >= 0.3 is 0 Å². The number of hydrogen-bond donors (Lipinski definition) is 0. The molecule has 0 N–H and O–H groups in total. The van der Waals surface area contributed by atoms with Crippen molar-refractivity contribution in [3.05, 3.63) is 71.8 Å². The highest BCUT2D eigenvalue weighted by molar-refractivity contribution is 5.93. The summed E-state index contributed by atoms with van der Waals surface area (Å²) in [7, 11) is 1.81. The Balaban J connectivity index is 2.06. The van der Waals surface area contributed by atoms with E-state index in [4.69, 9.17) is 0 Å². The van der Waals surface area contributed by atoms with Crippen molar-refractivity contribution in [1.82, 2.24) is 4.90 Å². The third-order valence-corrected chi connectivity index (χ3v) is 2.57. The van der Waals surface area contributed by atoms with Gasteiger partial charge in [-0.15, -0.1) is 0 Å². The van der Waals surface area contributed by atoms with Gasteiger partial charge in [-0.25, -0.2) is 0 Å². The van der Waals surface area contributed by atoms with Crippen LogP contribution in [0.1, 0.15) is 15.9 Å². The van der Waals surface area contributed by atoms with Crippen molar-refractivity contribution in [2.45, 2.75) is 6.54 Å². The molecule has 0 atom stereocenters. The maximum atomic E-state index is 12.1. The van der Waals surface area contributed by atoms with Gasteiger partial charge in [0.1, 0.15) is 0 Å². The molecule has 2 nitrogen and oxygen atoms in total. The van der Waals surface area contributed by atoms with E-state index in [9.17, 15) is 4.79 Å². The summed E-state index contributed by atoms with van der Waals surface area (Å²) in [5, 5.41) is 0. The maximum absolute atomic E-state index is 12.1. The van der Waals surface area contributed by atoms with Gasteiger partial charge in [0.2, 0.25) is 0 Å². The van der Waals surface area contributed by atoms with Crippen LogP contribution in [-0.4, -0.2) is 17.9 Å². The summed E-state index contributed by atoms with van der Waals surface area (Å²) in [5.74, 6) is 0.0304. The molecule has 0 aliphatic heterocycles. The summed E-state index contributed by atoms with van der Waals surface area (Å²) in [5.41, 5.74) is 1.83. The van der Waals surface area contributed by atoms with Gasteiger partial charge < -0.3 is 4.90 Å². The predicted molar refractivity (Wildman–Crippen MR) is 67.5 cm³/mol. The lowest BCUT2D eigenvalue weighted by Gasteiger charge is -2.17. The Morgan fingerprint density at radius 2 is 1.76 bits per heavy atom. The molecular formula is C15H14NO. The smallest absolute Gasteiger partial charge is 0.253 e. The monoisotopic (exact) mass is 224 g/mol. The summed E-state index contributed by atoms with van der Waals surface area (Å²) < 4.78 is 0. The molecule has 0 fully saturated rings. The van der Waals surface area contributed by atoms with Crippen LogP contribution in [-0.2, 0) is 6.54 Å². The van der Waals surface area contributed by atoms with Crippen molar-refractivity contribution in [2.24, 2.45) is 0 Å². The molecule has 0 aliphatic rings. The zero-order chi connectivity index (χ0) is 12.1. The largest absolute Gasteiger partial charge is 0.337 e. The van der Waals surface area contributed by atoms with E-state index in [1.807, 2.05) is 37.4 Å². The quantitative estimate of drug-likeness (QED) is 0.785. The molecule has 2 aromatic carbocycles. The van der Waals surface area contributed by atoms with E-state index in [0.29, 0.717) is 12.1 Å². The molecule has 0 unspecified atom stereocenters. The first-order chi connectivity index (χ1) is 8.27. The van der Waals surface area contributed by atoms with Crippen LogP contribution in [0.5, 0.6) is 0 Å². The van der Waals surface area contributed by atoms with Crippen LogP contribution in [0.2, 0.25) is 0 Å². The van der Waals surface area contributed by atoms with Crippen LogP contribution in [0.4, 0.5) is 0 Å². The molecular weight excluding hydrogens is 210 g/mol. The van der Waals surface area contributed by atoms with Crippen molar-refractivity contribution >= 4 is 5.91 Å². The Morgan fingerprint density at radius 1 is 1.12 bits per heavy atom. The number of carbonyl (C=O) groups excluding carboxylic acids is 1. The highest BCUT2D eigenvalue weighted by Crippen LogP contribution is 2.07. The molecule has 2 aromatic rings. The van der Waals surface area contributed by atoms with Gasteiger partial charge in [-0.1, -0.05) is 42.5 Å². The Bertz CT molecular complexity index is 479. The van der Waals surface area contributed by atoms with Crippen LogP contribution >= 0.6 is 0 Å². The molecule has 0 aromatic heterocycles. The first-order valence-electron chi connectivity index (χ1n) is 5.53. The predicted octanol–water partition coefficient (Wildman–Crippen LogP) is 2.76. The second-order valence-electron chi connectivity index (χ2n) is 3.94. The minimum Gasteiger partial charge on any atom is -0.337 e. The summed E-state index contributed by atoms with van der Waals surface area (Å²) in [6.07, 6.45) is 0. The molecule has 1 radical (unpaired) electrons. The van der Waals surface area contributed by atoms with E-state index in [1.165, 1.54) is 0 Å². The molecule has 0 bridgehead atoms. The van der Waals surface area contributed by atoms with Crippen molar-refractivity contribution < 1.29 is 4.79 Å². The van der Waals surface area contributed by atoms with Gasteiger partial charge in [0.15, 0.2) is 0 Å². The highest BCUT2D eigenvalue weighted by atomic mass is 16.2. The van der Waals surface area contributed by atoms with E-state index in [0.717, 1.165) is 5.56 Å². The average molecular weight is 224 g/mol. The van der Waals surface area contributed by atoms with Crippen molar-refractivity contribution in [2.75, 3.05) is 7.05 Å². The third-order valence-electron chi connectivity index (χ3n) is 2.57. The SMILES string of the molecule is CN(Cc1ccccc1)C(=O)c1cc[c]cc1. The fraction of sp³-hybridized carbons (Fsp3) is 0.133. The van der Waals surface area contributed by atoms with Crippen molar-refractivity contribution in [3.63, 3.8) is 0 Å². The molecule has 0 heterocycles. The van der Waals surface area contributed by atoms with Crippen molar-refractivity contribution in [3.8, 4) is 0 Å². The molecule has 17 heavy (non-hydrogen) atoms. The summed E-state index contributed by atoms with van der Waals surface area (Å²) in [4.78, 5) is 13.8. The first kappa shape index (κ1) is 11.4. The van der Waals surface area contributed by atoms with Crippen molar-refractivity contribution in [1.29, 1.82) is 0 Å². The number of hydrogen-bond acceptors (Lipinski definition) is 1. The fourth-order valence-corrected chi connectivity index (χ4v) is 1.68. The summed E-state index contributed by atoms with van der Waals surface area (Å²) >= 11 is 0. The fourth-order valence-electron chi connectivity index (χ4n) is 1.68. The standard InChI is InChI=1S/C15H14NO/c1-16(12-13-8-4-2-5-9-13)15(17)14-10-6-3-7-11-14/h2,4-11H,12H2,1H3. The highest BCUT2D eigenvalue weighted by Gasteiger charge is 2.10. The van der Waals surface area contributed by atoms with Gasteiger partial charge in [-0.2, -0.15) is 0 Å². The molecule has 0 saturated carbocycles. The van der Waals surface area contributed by atoms with Crippen LogP contribution in [0.25, 0.3) is 0 Å². The number of carbonyl (C=O) groups is 1. The number of benzene rings is 2. The summed E-state index contributed by atoms with van der Waals surface area (Å²) in [6, 6.07) is 19.9. The molecule has 2 heteroatoms. The lowest BCUT2D eigenvalue weighted by molar-refractivity contribution is 0.0785. The summed E-state index contributed by atoms with van der Waals surface area (Å²) in [6.45, 7) is 0.623. The Kier molecular flexibility index (Phi) is 3.55. The first-order valence-corrected chi connectivity index (χ1v) is 5.53. The van der Waals surface area contributed by atoms with Gasteiger partial charge in [-0.05, 0) is 23.8 Å². The van der Waals surface area contributed by atoms with E-state index in [1.54, 1.807) is 29.2 Å². The van der Waals surface area contributed by atoms with Crippen LogP contribution in [0, 0.1) is 6.07 Å². The topological polar surface area (TPSA) is 20.3 Å². The molecule has 1 amide bonds. The lowest BCUT2D eigenvalue weighted by atomic mass is 10.1. The number of rotatable bonds is 3. The van der Waals surface area contributed by atoms with Gasteiger partial charge in [-0.3, -0.25) is 4.79 Å². The number of nitrogens with zero attached hydrogens (tertiary/aromatic N) is 1. The minimum absolute atomic E-state index is 0.0304. The zero-order valence-electron chi connectivity index (χ0n) is 9.76. The molecule has 0 spiro atoms. The molecule has 0 aliphatic carbocycles. The third kappa shape index (κ3) is 2.94. The van der Waals surface area contributed by atoms with E-state index in [2.05, 4.69) is 6.07 Å². The second-order valence-corrected chi connectivity index (χ2v) is 3.94. The Labute approximate surface area is 102 Å². The second kappa shape index (κ2) is 5.30. The minimum atomic E-state index is 0.0304. The van der Waals surface area contributed by atoms with Crippen LogP contribution < -0.4 is 0 Å². The van der Waals surface area contributed by atoms with Gasteiger partial charge in [0.25, 0.3) is 5.91 Å². The van der Waals surface area contributed by atoms with Gasteiger partial charge in [0.05, 0.1) is 0 Å². The van der Waals surface area contributed by atoms with Crippen LogP contribution in [0.3, 0.4) is 0 Å². The van der Waals surface area contributed by atoms with E-state index >= 15 is 0 Å². The Morgan fingerprint density at radius 3 is 2.41 bits per heavy atom. The van der Waals surface area contributed by atoms with Gasteiger partial charge in [0, 0.05) is 19.2 Å². The lowest BCUT2D eigenvalue weighted by Crippen LogP contribution is -2.26. The zero-order valence-corrected chi connectivity index (χ0v) is 9.76. The molecule has 85 valence electrons. The number of amides is 1. The van der Waals surface area contributed by atoms with E-state index in [-0.39, 0.29) is 5.91 Å². The average Bonchev–Trinajstić information content (AvgIpc) is 2.40. The van der Waals surface area contributed by atoms with Crippen LogP contribution in [0.15, 0.2) is 54.6 Å². The van der Waals surface area contributed by atoms with E-state index < -0.39 is 0 Å². The normalized spacial score (nSPS) is 9.94.